The average Bonchev–Trinajstić information content (AvgIpc) is 3.69. The Morgan fingerprint density at radius 3 is 2.38 bits per heavy atom. The second-order valence-corrected chi connectivity index (χ2v) is 13.0. The standard InChI is InChI=1S/C41H29N5O/c1-24-9-4-5-10-27(24)34-23-45-35-14-8-19-42-37(35)28-17-15-25(21-31(28)40(45)44-34)47-26-16-18-32-36(22-26)46-38-29(30-12-7-20-43-39(30)46)11-6-13-33(38)41(32,2)3/h4-23H,1-3H3. The molecule has 47 heavy (non-hydrogen) atoms. The molecular weight excluding hydrogens is 578 g/mol. The maximum absolute atomic E-state index is 6.67. The summed E-state index contributed by atoms with van der Waals surface area (Å²) in [4.78, 5) is 14.8. The number of rotatable bonds is 3. The second-order valence-electron chi connectivity index (χ2n) is 13.0. The van der Waals surface area contributed by atoms with E-state index in [2.05, 4.69) is 121 Å². The molecule has 0 saturated heterocycles. The number of hydrogen-bond acceptors (Lipinski definition) is 4. The van der Waals surface area contributed by atoms with Gasteiger partial charge in [-0.15, -0.1) is 0 Å². The first kappa shape index (κ1) is 26.2. The van der Waals surface area contributed by atoms with Crippen LogP contribution in [0, 0.1) is 6.92 Å². The molecule has 10 rings (SSSR count). The Bertz CT molecular complexity index is 2770. The van der Waals surface area contributed by atoms with Crippen LogP contribution < -0.4 is 4.74 Å². The zero-order valence-electron chi connectivity index (χ0n) is 26.2. The number of aryl methyl sites for hydroxylation is 1. The molecule has 0 unspecified atom stereocenters. The minimum Gasteiger partial charge on any atom is -0.457 e. The first-order valence-electron chi connectivity index (χ1n) is 15.9. The minimum atomic E-state index is -0.185. The monoisotopic (exact) mass is 607 g/mol. The van der Waals surface area contributed by atoms with Gasteiger partial charge in [0.1, 0.15) is 22.8 Å². The molecule has 6 heteroatoms. The molecule has 0 N–H and O–H groups in total. The molecule has 0 saturated carbocycles. The first-order chi connectivity index (χ1) is 23.0. The van der Waals surface area contributed by atoms with Crippen molar-refractivity contribution < 1.29 is 4.74 Å². The van der Waals surface area contributed by atoms with Gasteiger partial charge in [0.2, 0.25) is 0 Å². The fraction of sp³-hybridized carbons (Fsp3) is 0.0976. The summed E-state index contributed by atoms with van der Waals surface area (Å²) in [5, 5.41) is 4.41. The van der Waals surface area contributed by atoms with Gasteiger partial charge < -0.3 is 4.74 Å². The molecule has 1 aliphatic rings. The molecule has 0 amide bonds. The van der Waals surface area contributed by atoms with E-state index in [-0.39, 0.29) is 5.41 Å². The zero-order chi connectivity index (χ0) is 31.4. The summed E-state index contributed by atoms with van der Waals surface area (Å²) in [5.41, 5.74) is 11.7. The molecule has 0 aliphatic carbocycles. The minimum absolute atomic E-state index is 0.185. The van der Waals surface area contributed by atoms with E-state index >= 15 is 0 Å². The van der Waals surface area contributed by atoms with Crippen LogP contribution in [0.3, 0.4) is 0 Å². The lowest BCUT2D eigenvalue weighted by atomic mass is 9.74. The lowest BCUT2D eigenvalue weighted by Gasteiger charge is -2.34. The van der Waals surface area contributed by atoms with Gasteiger partial charge in [-0.1, -0.05) is 62.4 Å². The van der Waals surface area contributed by atoms with Crippen molar-refractivity contribution in [3.05, 3.63) is 138 Å². The third-order valence-electron chi connectivity index (χ3n) is 10.0. The number of hydrogen-bond donors (Lipinski definition) is 0. The summed E-state index contributed by atoms with van der Waals surface area (Å²) in [6.45, 7) is 6.73. The van der Waals surface area contributed by atoms with Crippen LogP contribution in [0.1, 0.15) is 30.5 Å². The summed E-state index contributed by atoms with van der Waals surface area (Å²) in [7, 11) is 0. The summed E-state index contributed by atoms with van der Waals surface area (Å²) >= 11 is 0. The molecule has 0 bridgehead atoms. The second kappa shape index (κ2) is 9.27. The highest BCUT2D eigenvalue weighted by molar-refractivity contribution is 6.11. The Morgan fingerprint density at radius 1 is 0.660 bits per heavy atom. The number of aromatic nitrogens is 5. The SMILES string of the molecule is Cc1ccccc1-c1cn2c3cccnc3c3ccc(Oc4ccc5c(c4)-n4c6ncccc6c6cccc(c64)C5(C)C)cc3c2n1. The number of para-hydroxylation sites is 1. The van der Waals surface area contributed by atoms with Crippen LogP contribution in [0.25, 0.3) is 66.3 Å². The fourth-order valence-electron chi connectivity index (χ4n) is 7.72. The molecule has 224 valence electrons. The zero-order valence-corrected chi connectivity index (χ0v) is 26.2. The van der Waals surface area contributed by atoms with Gasteiger partial charge in [0.15, 0.2) is 0 Å². The van der Waals surface area contributed by atoms with E-state index in [1.165, 1.54) is 27.6 Å². The Hall–Kier alpha value is -6.01. The molecule has 6 nitrogen and oxygen atoms in total. The van der Waals surface area contributed by atoms with Crippen molar-refractivity contribution in [1.82, 2.24) is 23.9 Å². The van der Waals surface area contributed by atoms with Crippen molar-refractivity contribution in [2.24, 2.45) is 0 Å². The van der Waals surface area contributed by atoms with Gasteiger partial charge in [-0.25, -0.2) is 9.97 Å². The third-order valence-corrected chi connectivity index (χ3v) is 10.0. The van der Waals surface area contributed by atoms with E-state index in [1.54, 1.807) is 0 Å². The Morgan fingerprint density at radius 2 is 1.47 bits per heavy atom. The van der Waals surface area contributed by atoms with Crippen molar-refractivity contribution in [2.45, 2.75) is 26.2 Å². The summed E-state index contributed by atoms with van der Waals surface area (Å²) in [5.74, 6) is 1.51. The van der Waals surface area contributed by atoms with Crippen molar-refractivity contribution in [1.29, 1.82) is 0 Å². The highest BCUT2D eigenvalue weighted by atomic mass is 16.5. The number of imidazole rings is 1. The molecule has 0 radical (unpaired) electrons. The summed E-state index contributed by atoms with van der Waals surface area (Å²) in [6.07, 6.45) is 5.84. The number of nitrogens with zero attached hydrogens (tertiary/aromatic N) is 5. The van der Waals surface area contributed by atoms with E-state index in [9.17, 15) is 0 Å². The van der Waals surface area contributed by atoms with E-state index in [0.717, 1.165) is 66.9 Å². The van der Waals surface area contributed by atoms with Crippen LogP contribution in [0.2, 0.25) is 0 Å². The molecule has 6 heterocycles. The van der Waals surface area contributed by atoms with E-state index in [1.807, 2.05) is 30.6 Å². The van der Waals surface area contributed by atoms with Gasteiger partial charge in [0, 0.05) is 57.2 Å². The van der Waals surface area contributed by atoms with Crippen LogP contribution in [0.15, 0.2) is 122 Å². The number of pyridine rings is 3. The number of ether oxygens (including phenoxy) is 1. The van der Waals surface area contributed by atoms with Gasteiger partial charge in [0.05, 0.1) is 27.9 Å². The van der Waals surface area contributed by atoms with E-state index in [4.69, 9.17) is 19.7 Å². The third kappa shape index (κ3) is 3.58. The van der Waals surface area contributed by atoms with Crippen LogP contribution in [-0.4, -0.2) is 23.9 Å². The molecule has 4 aromatic carbocycles. The van der Waals surface area contributed by atoms with Crippen LogP contribution in [0.4, 0.5) is 0 Å². The maximum Gasteiger partial charge on any atom is 0.146 e. The fourth-order valence-corrected chi connectivity index (χ4v) is 7.72. The van der Waals surface area contributed by atoms with Crippen molar-refractivity contribution in [3.8, 4) is 28.4 Å². The topological polar surface area (TPSA) is 57.2 Å². The quantitative estimate of drug-likeness (QED) is 0.188. The van der Waals surface area contributed by atoms with Crippen LogP contribution in [-0.2, 0) is 5.41 Å². The smallest absolute Gasteiger partial charge is 0.146 e. The largest absolute Gasteiger partial charge is 0.457 e. The normalized spacial score (nSPS) is 13.6. The molecule has 0 spiro atoms. The molecular formula is C41H29N5O. The molecule has 0 atom stereocenters. The Labute approximate surface area is 270 Å². The first-order valence-corrected chi connectivity index (χ1v) is 15.9. The molecule has 1 aliphatic heterocycles. The van der Waals surface area contributed by atoms with Crippen LogP contribution >= 0.6 is 0 Å². The number of fused-ring (bicyclic) bond motifs is 11. The highest BCUT2D eigenvalue weighted by Gasteiger charge is 2.35. The van der Waals surface area contributed by atoms with Crippen LogP contribution in [0.5, 0.6) is 11.5 Å². The molecule has 5 aromatic heterocycles. The van der Waals surface area contributed by atoms with E-state index in [0.29, 0.717) is 0 Å². The van der Waals surface area contributed by atoms with Gasteiger partial charge in [-0.2, -0.15) is 0 Å². The lowest BCUT2D eigenvalue weighted by molar-refractivity contribution is 0.482. The van der Waals surface area contributed by atoms with Crippen molar-refractivity contribution in [3.63, 3.8) is 0 Å². The lowest BCUT2D eigenvalue weighted by Crippen LogP contribution is -2.26. The average molecular weight is 608 g/mol. The molecule has 9 aromatic rings. The Kier molecular flexibility index (Phi) is 5.17. The van der Waals surface area contributed by atoms with Crippen molar-refractivity contribution in [2.75, 3.05) is 0 Å². The number of benzene rings is 4. The summed E-state index contributed by atoms with van der Waals surface area (Å²) in [6, 6.07) is 35.9. The van der Waals surface area contributed by atoms with Gasteiger partial charge >= 0.3 is 0 Å². The predicted octanol–water partition coefficient (Wildman–Crippen LogP) is 9.93. The highest BCUT2D eigenvalue weighted by Crippen LogP contribution is 2.48. The maximum atomic E-state index is 6.67. The van der Waals surface area contributed by atoms with Gasteiger partial charge in [0.25, 0.3) is 0 Å². The summed E-state index contributed by atoms with van der Waals surface area (Å²) < 4.78 is 11.1. The van der Waals surface area contributed by atoms with Gasteiger partial charge in [-0.05, 0) is 72.1 Å². The Balaban J connectivity index is 1.15. The predicted molar refractivity (Wildman–Crippen MR) is 189 cm³/mol. The van der Waals surface area contributed by atoms with Crippen molar-refractivity contribution >= 4 is 49.4 Å². The molecule has 0 fully saturated rings. The van der Waals surface area contributed by atoms with E-state index < -0.39 is 0 Å². The van der Waals surface area contributed by atoms with Gasteiger partial charge in [-0.3, -0.25) is 14.0 Å².